The van der Waals surface area contributed by atoms with Crippen LogP contribution in [-0.4, -0.2) is 29.7 Å². The number of rotatable bonds is 7. The van der Waals surface area contributed by atoms with Crippen LogP contribution in [0.3, 0.4) is 0 Å². The zero-order chi connectivity index (χ0) is 13.6. The summed E-state index contributed by atoms with van der Waals surface area (Å²) in [6, 6.07) is 0. The van der Waals surface area contributed by atoms with Crippen molar-refractivity contribution in [3.8, 4) is 0 Å². The summed E-state index contributed by atoms with van der Waals surface area (Å²) in [5, 5.41) is 12.0. The van der Waals surface area contributed by atoms with Gasteiger partial charge in [0.2, 0.25) is 5.91 Å². The molecule has 0 aromatic rings. The van der Waals surface area contributed by atoms with Gasteiger partial charge in [-0.1, -0.05) is 26.7 Å². The number of carbonyl (C=O) groups excluding carboxylic acids is 1. The topological polar surface area (TPSA) is 75.3 Å². The van der Waals surface area contributed by atoms with E-state index in [4.69, 9.17) is 10.8 Å². The summed E-state index contributed by atoms with van der Waals surface area (Å²) < 4.78 is 0. The van der Waals surface area contributed by atoms with Crippen molar-refractivity contribution < 1.29 is 9.90 Å². The summed E-state index contributed by atoms with van der Waals surface area (Å²) in [5.74, 6) is 0.924. The lowest BCUT2D eigenvalue weighted by Gasteiger charge is -2.25. The summed E-state index contributed by atoms with van der Waals surface area (Å²) >= 11 is 0. The molecule has 0 bridgehead atoms. The summed E-state index contributed by atoms with van der Waals surface area (Å²) in [5.41, 5.74) is 5.47. The third-order valence-electron chi connectivity index (χ3n) is 3.84. The lowest BCUT2D eigenvalue weighted by Crippen LogP contribution is -2.52. The van der Waals surface area contributed by atoms with Crippen molar-refractivity contribution >= 4 is 18.3 Å². The highest BCUT2D eigenvalue weighted by atomic mass is 35.5. The number of hydrogen-bond donors (Lipinski definition) is 3. The van der Waals surface area contributed by atoms with E-state index in [1.807, 2.05) is 0 Å². The van der Waals surface area contributed by atoms with Crippen LogP contribution in [0.25, 0.3) is 0 Å². The minimum Gasteiger partial charge on any atom is -0.396 e. The second kappa shape index (κ2) is 8.77. The molecule has 1 fully saturated rings. The lowest BCUT2D eigenvalue weighted by atomic mass is 9.93. The highest BCUT2D eigenvalue weighted by Crippen LogP contribution is 2.27. The third-order valence-corrected chi connectivity index (χ3v) is 3.84. The van der Waals surface area contributed by atoms with Gasteiger partial charge in [-0.05, 0) is 37.5 Å². The maximum Gasteiger partial charge on any atom is 0.240 e. The molecule has 1 atom stereocenters. The number of amides is 1. The van der Waals surface area contributed by atoms with E-state index in [2.05, 4.69) is 19.2 Å². The molecule has 19 heavy (non-hydrogen) atoms. The first kappa shape index (κ1) is 18.7. The molecule has 1 amide bonds. The first-order valence-corrected chi connectivity index (χ1v) is 7.16. The van der Waals surface area contributed by atoms with Crippen LogP contribution in [0, 0.1) is 11.8 Å². The Balaban J connectivity index is 0.00000324. The van der Waals surface area contributed by atoms with E-state index in [-0.39, 0.29) is 24.9 Å². The van der Waals surface area contributed by atoms with Gasteiger partial charge < -0.3 is 16.2 Å². The van der Waals surface area contributed by atoms with Gasteiger partial charge in [-0.2, -0.15) is 0 Å². The molecule has 0 aromatic heterocycles. The fraction of sp³-hybridized carbons (Fsp3) is 0.929. The molecular formula is C14H29ClN2O2. The molecule has 1 rings (SSSR count). The zero-order valence-electron chi connectivity index (χ0n) is 12.2. The number of nitrogens with two attached hydrogens (primary N) is 1. The van der Waals surface area contributed by atoms with Crippen molar-refractivity contribution in [3.63, 3.8) is 0 Å². The standard InChI is InChI=1S/C14H28N2O2.ClH/c1-11(2)9-12(5-8-17)10-16-13(18)14(15)6-3-4-7-14;/h11-12,17H,3-10,15H2,1-2H3,(H,16,18);1H. The van der Waals surface area contributed by atoms with Gasteiger partial charge in [0, 0.05) is 13.2 Å². The zero-order valence-corrected chi connectivity index (χ0v) is 13.0. The van der Waals surface area contributed by atoms with E-state index >= 15 is 0 Å². The Hall–Kier alpha value is -0.320. The number of hydrogen-bond acceptors (Lipinski definition) is 3. The number of aliphatic hydroxyl groups excluding tert-OH is 1. The Morgan fingerprint density at radius 1 is 1.37 bits per heavy atom. The Morgan fingerprint density at radius 3 is 2.42 bits per heavy atom. The van der Waals surface area contributed by atoms with E-state index in [0.29, 0.717) is 18.4 Å². The van der Waals surface area contributed by atoms with Gasteiger partial charge >= 0.3 is 0 Å². The SMILES string of the molecule is CC(C)CC(CCO)CNC(=O)C1(N)CCCC1.Cl. The van der Waals surface area contributed by atoms with Crippen LogP contribution >= 0.6 is 12.4 Å². The van der Waals surface area contributed by atoms with E-state index < -0.39 is 5.54 Å². The molecule has 1 unspecified atom stereocenters. The molecule has 1 aliphatic carbocycles. The molecule has 0 radical (unpaired) electrons. The molecule has 4 N–H and O–H groups in total. The molecule has 0 aromatic carbocycles. The van der Waals surface area contributed by atoms with Gasteiger partial charge in [0.15, 0.2) is 0 Å². The third kappa shape index (κ3) is 6.11. The Bertz CT molecular complexity index is 266. The van der Waals surface area contributed by atoms with Gasteiger partial charge in [-0.3, -0.25) is 4.79 Å². The quantitative estimate of drug-likeness (QED) is 0.670. The molecule has 1 aliphatic rings. The predicted molar refractivity (Wildman–Crippen MR) is 80.3 cm³/mol. The fourth-order valence-electron chi connectivity index (χ4n) is 2.80. The van der Waals surface area contributed by atoms with Crippen LogP contribution in [0.15, 0.2) is 0 Å². The summed E-state index contributed by atoms with van der Waals surface area (Å²) in [7, 11) is 0. The number of halogens is 1. The Morgan fingerprint density at radius 2 is 1.95 bits per heavy atom. The molecule has 0 saturated heterocycles. The van der Waals surface area contributed by atoms with Crippen LogP contribution in [0.4, 0.5) is 0 Å². The maximum absolute atomic E-state index is 12.1. The smallest absolute Gasteiger partial charge is 0.240 e. The Labute approximate surface area is 122 Å². The van der Waals surface area contributed by atoms with Gasteiger partial charge in [0.05, 0.1) is 5.54 Å². The second-order valence-corrected chi connectivity index (χ2v) is 6.08. The summed E-state index contributed by atoms with van der Waals surface area (Å²) in [6.07, 6.45) is 5.47. The lowest BCUT2D eigenvalue weighted by molar-refractivity contribution is -0.126. The van der Waals surface area contributed by atoms with E-state index in [1.165, 1.54) is 0 Å². The molecular weight excluding hydrogens is 264 g/mol. The van der Waals surface area contributed by atoms with Crippen LogP contribution < -0.4 is 11.1 Å². The molecule has 4 nitrogen and oxygen atoms in total. The number of carbonyl (C=O) groups is 1. The predicted octanol–water partition coefficient (Wildman–Crippen LogP) is 1.84. The van der Waals surface area contributed by atoms with Crippen molar-refractivity contribution in [1.29, 1.82) is 0 Å². The van der Waals surface area contributed by atoms with Gasteiger partial charge in [-0.25, -0.2) is 0 Å². The highest BCUT2D eigenvalue weighted by Gasteiger charge is 2.36. The second-order valence-electron chi connectivity index (χ2n) is 6.08. The van der Waals surface area contributed by atoms with Gasteiger partial charge in [-0.15, -0.1) is 12.4 Å². The van der Waals surface area contributed by atoms with Crippen LogP contribution in [0.1, 0.15) is 52.4 Å². The van der Waals surface area contributed by atoms with Crippen molar-refractivity contribution in [2.24, 2.45) is 17.6 Å². The highest BCUT2D eigenvalue weighted by molar-refractivity contribution is 5.86. The first-order valence-electron chi connectivity index (χ1n) is 7.16. The van der Waals surface area contributed by atoms with Crippen molar-refractivity contribution in [2.45, 2.75) is 57.9 Å². The molecule has 114 valence electrons. The Kier molecular flexibility index (Phi) is 8.62. The van der Waals surface area contributed by atoms with Crippen LogP contribution in [0.5, 0.6) is 0 Å². The first-order chi connectivity index (χ1) is 8.48. The van der Waals surface area contributed by atoms with Gasteiger partial charge in [0.1, 0.15) is 0 Å². The largest absolute Gasteiger partial charge is 0.396 e. The monoisotopic (exact) mass is 292 g/mol. The molecule has 1 saturated carbocycles. The normalized spacial score (nSPS) is 19.0. The summed E-state index contributed by atoms with van der Waals surface area (Å²) in [6.45, 7) is 5.14. The van der Waals surface area contributed by atoms with Crippen molar-refractivity contribution in [1.82, 2.24) is 5.32 Å². The summed E-state index contributed by atoms with van der Waals surface area (Å²) in [4.78, 5) is 12.1. The molecule has 0 aliphatic heterocycles. The minimum absolute atomic E-state index is 0. The van der Waals surface area contributed by atoms with Crippen molar-refractivity contribution in [2.75, 3.05) is 13.2 Å². The minimum atomic E-state index is -0.637. The fourth-order valence-corrected chi connectivity index (χ4v) is 2.80. The molecule has 5 heteroatoms. The molecule has 0 heterocycles. The average Bonchev–Trinajstić information content (AvgIpc) is 2.73. The van der Waals surface area contributed by atoms with E-state index in [1.54, 1.807) is 0 Å². The van der Waals surface area contributed by atoms with Crippen LogP contribution in [-0.2, 0) is 4.79 Å². The van der Waals surface area contributed by atoms with Gasteiger partial charge in [0.25, 0.3) is 0 Å². The van der Waals surface area contributed by atoms with Crippen molar-refractivity contribution in [3.05, 3.63) is 0 Å². The molecule has 0 spiro atoms. The van der Waals surface area contributed by atoms with E-state index in [9.17, 15) is 4.79 Å². The average molecular weight is 293 g/mol. The number of aliphatic hydroxyl groups is 1. The number of nitrogens with one attached hydrogen (secondary N) is 1. The van der Waals surface area contributed by atoms with E-state index in [0.717, 1.165) is 38.5 Å². The van der Waals surface area contributed by atoms with Crippen LogP contribution in [0.2, 0.25) is 0 Å². The maximum atomic E-state index is 12.1.